The summed E-state index contributed by atoms with van der Waals surface area (Å²) < 4.78 is 9.18. The van der Waals surface area contributed by atoms with Crippen LogP contribution in [0.25, 0.3) is 11.3 Å². The van der Waals surface area contributed by atoms with E-state index in [9.17, 15) is 14.7 Å². The van der Waals surface area contributed by atoms with Gasteiger partial charge in [-0.05, 0) is 66.9 Å². The maximum absolute atomic E-state index is 14.8. The lowest BCUT2D eigenvalue weighted by molar-refractivity contribution is 0.0193. The van der Waals surface area contributed by atoms with E-state index in [2.05, 4.69) is 28.2 Å². The monoisotopic (exact) mass is 714 g/mol. The molecule has 0 bridgehead atoms. The molecule has 1 fully saturated rings. The standard InChI is InChI=1S/C38H39ClN6O4.ClH/c1-25-34(38(48)45(31-21-40-41(2)23-31)29-9-11-32(46)12-10-29)20-36(42(25)3)33-13-8-28(39)19-35(33)37(47)44-22-27-7-5-4-6-26(27)18-30(44)24-43-14-16-49-17-15-43;/h4-13,19-21,23,30,46H,14-18,22,24H2,1-3H3;1H/t30-;/m0./s1. The molecule has 0 spiro atoms. The number of nitrogens with zero attached hydrogens (tertiary/aromatic N) is 6. The maximum atomic E-state index is 14.8. The van der Waals surface area contributed by atoms with Crippen molar-refractivity contribution in [1.29, 1.82) is 0 Å². The van der Waals surface area contributed by atoms with Crippen molar-refractivity contribution in [3.63, 3.8) is 0 Å². The Hall–Kier alpha value is -4.61. The zero-order valence-corrected chi connectivity index (χ0v) is 29.8. The van der Waals surface area contributed by atoms with Crippen LogP contribution in [0, 0.1) is 6.92 Å². The molecule has 1 saturated heterocycles. The second kappa shape index (κ2) is 14.7. The topological polar surface area (TPSA) is 96.1 Å². The van der Waals surface area contributed by atoms with E-state index in [-0.39, 0.29) is 36.0 Å². The first-order chi connectivity index (χ1) is 23.7. The molecule has 12 heteroatoms. The lowest BCUT2D eigenvalue weighted by Gasteiger charge is -2.40. The Morgan fingerprint density at radius 1 is 0.960 bits per heavy atom. The van der Waals surface area contributed by atoms with Crippen LogP contribution in [0.2, 0.25) is 5.02 Å². The van der Waals surface area contributed by atoms with Gasteiger partial charge in [-0.25, -0.2) is 0 Å². The molecule has 5 aromatic rings. The molecule has 2 aliphatic heterocycles. The van der Waals surface area contributed by atoms with Gasteiger partial charge in [0.05, 0.1) is 36.2 Å². The summed E-state index contributed by atoms with van der Waals surface area (Å²) in [6, 6.07) is 22.0. The molecule has 4 heterocycles. The average Bonchev–Trinajstić information content (AvgIpc) is 3.67. The fourth-order valence-corrected chi connectivity index (χ4v) is 7.12. The number of morpholine rings is 1. The Kier molecular flexibility index (Phi) is 10.4. The highest BCUT2D eigenvalue weighted by Gasteiger charge is 2.34. The first-order valence-electron chi connectivity index (χ1n) is 16.4. The summed E-state index contributed by atoms with van der Waals surface area (Å²) in [5.74, 6) is -0.263. The second-order valence-corrected chi connectivity index (χ2v) is 13.2. The number of aryl methyl sites for hydroxylation is 1. The minimum absolute atomic E-state index is 0. The number of benzene rings is 3. The Morgan fingerprint density at radius 2 is 1.68 bits per heavy atom. The number of amides is 2. The number of hydrogen-bond donors (Lipinski definition) is 1. The number of phenolic OH excluding ortho intramolecular Hbond substituents is 1. The number of fused-ring (bicyclic) bond motifs is 1. The first-order valence-corrected chi connectivity index (χ1v) is 16.8. The molecule has 3 aromatic carbocycles. The van der Waals surface area contributed by atoms with Crippen molar-refractivity contribution in [3.05, 3.63) is 118 Å². The van der Waals surface area contributed by atoms with Crippen molar-refractivity contribution in [2.45, 2.75) is 25.9 Å². The first kappa shape index (κ1) is 35.2. The average molecular weight is 716 g/mol. The summed E-state index contributed by atoms with van der Waals surface area (Å²) in [5.41, 5.74) is 6.69. The van der Waals surface area contributed by atoms with Gasteiger partial charge in [-0.2, -0.15) is 5.10 Å². The Labute approximate surface area is 302 Å². The quantitative estimate of drug-likeness (QED) is 0.210. The van der Waals surface area contributed by atoms with Gasteiger partial charge >= 0.3 is 0 Å². The summed E-state index contributed by atoms with van der Waals surface area (Å²) in [6.45, 7) is 6.20. The van der Waals surface area contributed by atoms with Gasteiger partial charge in [-0.1, -0.05) is 41.9 Å². The predicted octanol–water partition coefficient (Wildman–Crippen LogP) is 6.39. The van der Waals surface area contributed by atoms with Crippen molar-refractivity contribution in [2.75, 3.05) is 37.7 Å². The number of carbonyl (C=O) groups is 2. The largest absolute Gasteiger partial charge is 0.508 e. The molecule has 0 saturated carbocycles. The minimum Gasteiger partial charge on any atom is -0.508 e. The summed E-state index contributed by atoms with van der Waals surface area (Å²) in [6.07, 6.45) is 4.16. The zero-order chi connectivity index (χ0) is 34.2. The smallest absolute Gasteiger partial charge is 0.264 e. The number of aromatic nitrogens is 3. The highest BCUT2D eigenvalue weighted by molar-refractivity contribution is 6.31. The van der Waals surface area contributed by atoms with Crippen molar-refractivity contribution in [1.82, 2.24) is 24.1 Å². The van der Waals surface area contributed by atoms with Crippen LogP contribution >= 0.6 is 24.0 Å². The molecule has 0 unspecified atom stereocenters. The lowest BCUT2D eigenvalue weighted by Crippen LogP contribution is -2.52. The number of carbonyl (C=O) groups excluding carboxylic acids is 2. The van der Waals surface area contributed by atoms with Gasteiger partial charge in [0.2, 0.25) is 0 Å². The van der Waals surface area contributed by atoms with E-state index in [4.69, 9.17) is 16.3 Å². The van der Waals surface area contributed by atoms with Crippen molar-refractivity contribution in [2.24, 2.45) is 14.1 Å². The third kappa shape index (κ3) is 6.89. The van der Waals surface area contributed by atoms with E-state index in [1.54, 1.807) is 65.4 Å². The molecule has 1 N–H and O–H groups in total. The van der Waals surface area contributed by atoms with Gasteiger partial charge in [-0.3, -0.25) is 24.1 Å². The number of ether oxygens (including phenoxy) is 1. The summed E-state index contributed by atoms with van der Waals surface area (Å²) in [4.78, 5) is 35.1. The van der Waals surface area contributed by atoms with Gasteiger partial charge in [0.1, 0.15) is 5.75 Å². The van der Waals surface area contributed by atoms with E-state index >= 15 is 0 Å². The molecular formula is C38H40Cl2N6O4. The number of phenols is 1. The lowest BCUT2D eigenvalue weighted by atomic mass is 9.92. The van der Waals surface area contributed by atoms with Crippen molar-refractivity contribution >= 4 is 47.2 Å². The van der Waals surface area contributed by atoms with E-state index < -0.39 is 0 Å². The number of halogens is 2. The van der Waals surface area contributed by atoms with Gasteiger partial charge in [-0.15, -0.1) is 12.4 Å². The number of hydrogen-bond acceptors (Lipinski definition) is 6. The molecular weight excluding hydrogens is 675 g/mol. The molecule has 7 rings (SSSR count). The summed E-state index contributed by atoms with van der Waals surface area (Å²) in [5, 5.41) is 14.7. The molecule has 0 radical (unpaired) electrons. The van der Waals surface area contributed by atoms with Crippen LogP contribution in [0.5, 0.6) is 5.75 Å². The van der Waals surface area contributed by atoms with Crippen molar-refractivity contribution < 1.29 is 19.4 Å². The Morgan fingerprint density at radius 3 is 2.38 bits per heavy atom. The van der Waals surface area contributed by atoms with Crippen LogP contribution in [-0.4, -0.2) is 80.0 Å². The van der Waals surface area contributed by atoms with Crippen LogP contribution in [0.4, 0.5) is 11.4 Å². The highest BCUT2D eigenvalue weighted by atomic mass is 35.5. The number of rotatable bonds is 7. The summed E-state index contributed by atoms with van der Waals surface area (Å²) in [7, 11) is 3.69. The van der Waals surface area contributed by atoms with Crippen molar-refractivity contribution in [3.8, 4) is 17.0 Å². The highest BCUT2D eigenvalue weighted by Crippen LogP contribution is 2.35. The van der Waals surface area contributed by atoms with Gasteiger partial charge in [0.15, 0.2) is 0 Å². The normalized spacial score (nSPS) is 16.1. The molecule has 50 heavy (non-hydrogen) atoms. The fraction of sp³-hybridized carbons (Fsp3) is 0.289. The third-order valence-electron chi connectivity index (χ3n) is 9.70. The fourth-order valence-electron chi connectivity index (χ4n) is 6.95. The predicted molar refractivity (Wildman–Crippen MR) is 197 cm³/mol. The van der Waals surface area contributed by atoms with Crippen LogP contribution in [-0.2, 0) is 31.8 Å². The molecule has 0 aliphatic carbocycles. The molecule has 2 amide bonds. The van der Waals surface area contributed by atoms with E-state index in [1.165, 1.54) is 5.56 Å². The number of aromatic hydroxyl groups is 1. The second-order valence-electron chi connectivity index (χ2n) is 12.8. The van der Waals surface area contributed by atoms with E-state index in [1.807, 2.05) is 41.6 Å². The van der Waals surface area contributed by atoms with Crippen LogP contribution in [0.15, 0.2) is 85.2 Å². The van der Waals surface area contributed by atoms with E-state index in [0.29, 0.717) is 52.8 Å². The number of anilines is 2. The molecule has 1 atom stereocenters. The SMILES string of the molecule is Cc1c(C(=O)N(c2ccc(O)cc2)c2cnn(C)c2)cc(-c2ccc(Cl)cc2C(=O)N2Cc3ccccc3C[C@H]2CN2CCOCC2)n1C.Cl. The minimum atomic E-state index is -0.266. The molecule has 260 valence electrons. The zero-order valence-electron chi connectivity index (χ0n) is 28.3. The van der Waals surface area contributed by atoms with Gasteiger partial charge < -0.3 is 19.3 Å². The molecule has 2 aromatic heterocycles. The summed E-state index contributed by atoms with van der Waals surface area (Å²) >= 11 is 6.59. The Balaban J connectivity index is 0.00000432. The van der Waals surface area contributed by atoms with Gasteiger partial charge in [0, 0.05) is 80.2 Å². The van der Waals surface area contributed by atoms with Gasteiger partial charge in [0.25, 0.3) is 11.8 Å². The molecule has 2 aliphatic rings. The van der Waals surface area contributed by atoms with Crippen LogP contribution in [0.1, 0.15) is 37.5 Å². The van der Waals surface area contributed by atoms with Crippen LogP contribution in [0.3, 0.4) is 0 Å². The van der Waals surface area contributed by atoms with E-state index in [0.717, 1.165) is 43.0 Å². The maximum Gasteiger partial charge on any atom is 0.264 e. The Bertz CT molecular complexity index is 2020. The molecule has 10 nitrogen and oxygen atoms in total. The third-order valence-corrected chi connectivity index (χ3v) is 9.94. The van der Waals surface area contributed by atoms with Crippen LogP contribution < -0.4 is 4.90 Å².